The first-order valence-electron chi connectivity index (χ1n) is 6.34. The number of rotatable bonds is 5. The lowest BCUT2D eigenvalue weighted by Crippen LogP contribution is -2.51. The van der Waals surface area contributed by atoms with E-state index in [4.69, 9.17) is 4.12 Å². The maximum Gasteiger partial charge on any atom is 0.178 e. The average molecular weight is 247 g/mol. The second-order valence-corrected chi connectivity index (χ2v) is 15.9. The molecule has 0 saturated carbocycles. The Kier molecular flexibility index (Phi) is 5.28. The molecule has 0 fully saturated rings. The molecule has 0 aliphatic carbocycles. The van der Waals surface area contributed by atoms with Gasteiger partial charge in [-0.1, -0.05) is 41.5 Å². The van der Waals surface area contributed by atoms with Crippen molar-refractivity contribution in [2.45, 2.75) is 77.8 Å². The third-order valence-electron chi connectivity index (χ3n) is 4.21. The van der Waals surface area contributed by atoms with Crippen LogP contribution in [0.25, 0.3) is 0 Å². The van der Waals surface area contributed by atoms with Gasteiger partial charge in [-0.15, -0.1) is 0 Å². The van der Waals surface area contributed by atoms with Crippen LogP contribution in [0.3, 0.4) is 0 Å². The molecule has 0 N–H and O–H groups in total. The molecule has 0 radical (unpaired) electrons. The van der Waals surface area contributed by atoms with E-state index in [1.165, 1.54) is 18.1 Å². The Bertz CT molecular complexity index is 182. The molecule has 0 unspecified atom stereocenters. The first-order valence-corrected chi connectivity index (χ1v) is 11.8. The second-order valence-electron chi connectivity index (χ2n) is 6.11. The van der Waals surface area contributed by atoms with Crippen molar-refractivity contribution in [3.8, 4) is 0 Å². The van der Waals surface area contributed by atoms with E-state index in [9.17, 15) is 0 Å². The summed E-state index contributed by atoms with van der Waals surface area (Å²) in [5, 5.41) is 0.352. The zero-order valence-electron chi connectivity index (χ0n) is 12.0. The van der Waals surface area contributed by atoms with Crippen LogP contribution in [0, 0.1) is 0 Å². The standard InChI is InChI=1S/C12H30OSi2/c1-9-15(10-2,11-3)13-14(7,8)12(4,5)6/h9-11H2,1-8H3. The van der Waals surface area contributed by atoms with E-state index in [1.807, 2.05) is 0 Å². The van der Waals surface area contributed by atoms with Crippen molar-refractivity contribution in [2.75, 3.05) is 0 Å². The van der Waals surface area contributed by atoms with E-state index >= 15 is 0 Å². The maximum atomic E-state index is 6.72. The van der Waals surface area contributed by atoms with Crippen molar-refractivity contribution in [1.82, 2.24) is 0 Å². The van der Waals surface area contributed by atoms with Crippen LogP contribution in [-0.2, 0) is 4.12 Å². The van der Waals surface area contributed by atoms with Crippen LogP contribution in [0.2, 0.25) is 36.3 Å². The van der Waals surface area contributed by atoms with Gasteiger partial charge in [0.1, 0.15) is 0 Å². The van der Waals surface area contributed by atoms with E-state index in [0.717, 1.165) is 0 Å². The van der Waals surface area contributed by atoms with Crippen LogP contribution in [0.15, 0.2) is 0 Å². The second kappa shape index (κ2) is 5.15. The maximum absolute atomic E-state index is 6.72. The van der Waals surface area contributed by atoms with Gasteiger partial charge >= 0.3 is 0 Å². The fourth-order valence-electron chi connectivity index (χ4n) is 1.66. The average Bonchev–Trinajstić information content (AvgIpc) is 2.12. The largest absolute Gasteiger partial charge is 0.455 e. The minimum Gasteiger partial charge on any atom is -0.455 e. The Morgan fingerprint density at radius 3 is 1.40 bits per heavy atom. The minimum absolute atomic E-state index is 0.352. The van der Waals surface area contributed by atoms with Crippen molar-refractivity contribution in [3.05, 3.63) is 0 Å². The van der Waals surface area contributed by atoms with Crippen LogP contribution in [0.5, 0.6) is 0 Å². The Balaban J connectivity index is 4.82. The molecule has 0 atom stereocenters. The first-order chi connectivity index (χ1) is 6.64. The van der Waals surface area contributed by atoms with Gasteiger partial charge in [-0.25, -0.2) is 0 Å². The number of hydrogen-bond donors (Lipinski definition) is 0. The van der Waals surface area contributed by atoms with Crippen LogP contribution in [0.1, 0.15) is 41.5 Å². The monoisotopic (exact) mass is 246 g/mol. The van der Waals surface area contributed by atoms with Crippen molar-refractivity contribution in [1.29, 1.82) is 0 Å². The summed E-state index contributed by atoms with van der Waals surface area (Å²) in [6, 6.07) is 3.81. The van der Waals surface area contributed by atoms with Gasteiger partial charge in [0.2, 0.25) is 0 Å². The van der Waals surface area contributed by atoms with Gasteiger partial charge in [0.15, 0.2) is 16.6 Å². The Morgan fingerprint density at radius 2 is 1.20 bits per heavy atom. The van der Waals surface area contributed by atoms with Gasteiger partial charge in [0, 0.05) is 0 Å². The summed E-state index contributed by atoms with van der Waals surface area (Å²) in [7, 11) is -2.94. The van der Waals surface area contributed by atoms with Crippen molar-refractivity contribution in [2.24, 2.45) is 0 Å². The molecule has 15 heavy (non-hydrogen) atoms. The molecule has 3 heteroatoms. The van der Waals surface area contributed by atoms with Gasteiger partial charge in [-0.2, -0.15) is 0 Å². The topological polar surface area (TPSA) is 9.23 Å². The molecule has 0 aliphatic rings. The van der Waals surface area contributed by atoms with E-state index in [1.54, 1.807) is 0 Å². The molecule has 0 amide bonds. The minimum atomic E-state index is -1.54. The van der Waals surface area contributed by atoms with Gasteiger partial charge in [-0.3, -0.25) is 0 Å². The van der Waals surface area contributed by atoms with Gasteiger partial charge in [0.05, 0.1) is 0 Å². The summed E-state index contributed by atoms with van der Waals surface area (Å²) in [5.41, 5.74) is 0. The molecular formula is C12H30OSi2. The molecule has 1 nitrogen and oxygen atoms in total. The van der Waals surface area contributed by atoms with Gasteiger partial charge < -0.3 is 4.12 Å². The summed E-state index contributed by atoms with van der Waals surface area (Å²) in [6.07, 6.45) is 0. The van der Waals surface area contributed by atoms with Crippen LogP contribution >= 0.6 is 0 Å². The van der Waals surface area contributed by atoms with Crippen molar-refractivity contribution < 1.29 is 4.12 Å². The molecule has 0 aromatic carbocycles. The molecule has 92 valence electrons. The van der Waals surface area contributed by atoms with Crippen LogP contribution < -0.4 is 0 Å². The fraction of sp³-hybridized carbons (Fsp3) is 1.00. The van der Waals surface area contributed by atoms with E-state index in [0.29, 0.717) is 5.04 Å². The van der Waals surface area contributed by atoms with E-state index < -0.39 is 16.6 Å². The van der Waals surface area contributed by atoms with Crippen molar-refractivity contribution in [3.63, 3.8) is 0 Å². The summed E-state index contributed by atoms with van der Waals surface area (Å²) in [6.45, 7) is 18.7. The normalized spacial score (nSPS) is 14.4. The zero-order chi connectivity index (χ0) is 12.3. The molecule has 0 rings (SSSR count). The van der Waals surface area contributed by atoms with Gasteiger partial charge in [0.25, 0.3) is 0 Å². The molecule has 0 spiro atoms. The highest BCUT2D eigenvalue weighted by molar-refractivity contribution is 6.87. The Morgan fingerprint density at radius 1 is 0.867 bits per heavy atom. The molecule has 0 aromatic heterocycles. The number of hydrogen-bond acceptors (Lipinski definition) is 1. The predicted octanol–water partition coefficient (Wildman–Crippen LogP) is 5.01. The SMILES string of the molecule is CC[Si](CC)(CC)O[Si](C)(C)C(C)(C)C. The van der Waals surface area contributed by atoms with Crippen LogP contribution in [0.4, 0.5) is 0 Å². The van der Waals surface area contributed by atoms with Gasteiger partial charge in [-0.05, 0) is 36.3 Å². The zero-order valence-corrected chi connectivity index (χ0v) is 14.0. The van der Waals surface area contributed by atoms with E-state index in [-0.39, 0.29) is 0 Å². The molecule has 0 bridgehead atoms. The highest BCUT2D eigenvalue weighted by Gasteiger charge is 2.43. The predicted molar refractivity (Wildman–Crippen MR) is 75.5 cm³/mol. The smallest absolute Gasteiger partial charge is 0.178 e. The molecule has 0 saturated heterocycles. The van der Waals surface area contributed by atoms with E-state index in [2.05, 4.69) is 54.6 Å². The lowest BCUT2D eigenvalue weighted by molar-refractivity contribution is 0.474. The quantitative estimate of drug-likeness (QED) is 0.619. The van der Waals surface area contributed by atoms with Crippen LogP contribution in [-0.4, -0.2) is 16.6 Å². The highest BCUT2D eigenvalue weighted by Crippen LogP contribution is 2.40. The summed E-state index contributed by atoms with van der Waals surface area (Å²) >= 11 is 0. The summed E-state index contributed by atoms with van der Waals surface area (Å²) < 4.78 is 6.72. The first kappa shape index (κ1) is 15.4. The lowest BCUT2D eigenvalue weighted by Gasteiger charge is -2.44. The molecule has 0 aliphatic heterocycles. The lowest BCUT2D eigenvalue weighted by atomic mass is 10.2. The fourth-order valence-corrected chi connectivity index (χ4v) is 10.4. The molecular weight excluding hydrogens is 216 g/mol. The molecule has 0 heterocycles. The third-order valence-corrected chi connectivity index (χ3v) is 15.5. The van der Waals surface area contributed by atoms with Crippen molar-refractivity contribution >= 4 is 16.6 Å². The Hall–Kier alpha value is 0.394. The molecule has 0 aromatic rings. The summed E-state index contributed by atoms with van der Waals surface area (Å²) in [4.78, 5) is 0. The highest BCUT2D eigenvalue weighted by atomic mass is 28.4. The Labute approximate surface area is 98.9 Å². The third kappa shape index (κ3) is 3.72. The summed E-state index contributed by atoms with van der Waals surface area (Å²) in [5.74, 6) is 0.